The van der Waals surface area contributed by atoms with E-state index >= 15 is 0 Å². The molecule has 4 nitrogen and oxygen atoms in total. The fourth-order valence-electron chi connectivity index (χ4n) is 1.99. The average Bonchev–Trinajstić information content (AvgIpc) is 2.50. The summed E-state index contributed by atoms with van der Waals surface area (Å²) in [5.74, 6) is -1.32. The van der Waals surface area contributed by atoms with E-state index in [4.69, 9.17) is 10.8 Å². The number of hydrogen-bond acceptors (Lipinski definition) is 3. The molecule has 0 aliphatic rings. The molecule has 0 bridgehead atoms. The molecule has 4 heteroatoms. The first-order valence-electron chi connectivity index (χ1n) is 6.75. The summed E-state index contributed by atoms with van der Waals surface area (Å²) in [4.78, 5) is 10.7. The van der Waals surface area contributed by atoms with Gasteiger partial charge in [0.1, 0.15) is 11.3 Å². The van der Waals surface area contributed by atoms with Gasteiger partial charge in [-0.05, 0) is 41.5 Å². The van der Waals surface area contributed by atoms with Crippen LogP contribution in [0.1, 0.15) is 15.9 Å². The minimum atomic E-state index is -1.12. The van der Waals surface area contributed by atoms with E-state index in [0.29, 0.717) is 0 Å². The molecule has 0 aliphatic carbocycles. The van der Waals surface area contributed by atoms with Crippen molar-refractivity contribution < 1.29 is 15.0 Å². The normalized spacial score (nSPS) is 9.86. The predicted octanol–water partition coefficient (Wildman–Crippen LogP) is 3.82. The van der Waals surface area contributed by atoms with Crippen LogP contribution in [0.15, 0.2) is 60.7 Å². The number of aromatic hydroxyl groups is 1. The number of nitrogens with two attached hydrogens (primary N) is 1. The monoisotopic (exact) mass is 295 g/mol. The molecule has 0 saturated heterocycles. The number of carbonyl (C=O) groups is 1. The second-order valence-electron chi connectivity index (χ2n) is 4.88. The summed E-state index contributed by atoms with van der Waals surface area (Å²) in [6.45, 7) is 2.00. The number of phenols is 1. The summed E-state index contributed by atoms with van der Waals surface area (Å²) in [6, 6.07) is 18.0. The highest BCUT2D eigenvalue weighted by atomic mass is 16.4. The van der Waals surface area contributed by atoms with Crippen molar-refractivity contribution in [2.75, 3.05) is 5.73 Å². The third kappa shape index (κ3) is 3.55. The number of aromatic carboxylic acids is 1. The molecule has 0 unspecified atom stereocenters. The summed E-state index contributed by atoms with van der Waals surface area (Å²) < 4.78 is 0. The first-order chi connectivity index (χ1) is 10.5. The summed E-state index contributed by atoms with van der Waals surface area (Å²) in [6.07, 6.45) is 0. The summed E-state index contributed by atoms with van der Waals surface area (Å²) >= 11 is 0. The van der Waals surface area contributed by atoms with Gasteiger partial charge in [-0.25, -0.2) is 4.79 Å². The zero-order valence-corrected chi connectivity index (χ0v) is 12.2. The Morgan fingerprint density at radius 1 is 0.955 bits per heavy atom. The summed E-state index contributed by atoms with van der Waals surface area (Å²) in [5, 5.41) is 19.8. The quantitative estimate of drug-likeness (QED) is 0.596. The zero-order valence-electron chi connectivity index (χ0n) is 12.2. The molecular weight excluding hydrogens is 278 g/mol. The van der Waals surface area contributed by atoms with E-state index in [1.807, 2.05) is 49.4 Å². The van der Waals surface area contributed by atoms with E-state index in [9.17, 15) is 9.90 Å². The van der Waals surface area contributed by atoms with Crippen LogP contribution in [0.25, 0.3) is 10.8 Å². The SMILES string of the molecule is Cc1ccccc1N.O=C(O)c1cc2ccccc2cc1O. The lowest BCUT2D eigenvalue weighted by molar-refractivity contribution is 0.0694. The van der Waals surface area contributed by atoms with Crippen molar-refractivity contribution in [3.63, 3.8) is 0 Å². The third-order valence-electron chi connectivity index (χ3n) is 3.28. The fourth-order valence-corrected chi connectivity index (χ4v) is 1.99. The van der Waals surface area contributed by atoms with Crippen LogP contribution in [0.4, 0.5) is 5.69 Å². The number of aryl methyl sites for hydroxylation is 1. The van der Waals surface area contributed by atoms with Crippen molar-refractivity contribution in [2.45, 2.75) is 6.92 Å². The van der Waals surface area contributed by atoms with Gasteiger partial charge in [0, 0.05) is 5.69 Å². The number of carboxylic acids is 1. The van der Waals surface area contributed by atoms with Gasteiger partial charge in [0.05, 0.1) is 0 Å². The predicted molar refractivity (Wildman–Crippen MR) is 88.2 cm³/mol. The maximum absolute atomic E-state index is 10.7. The van der Waals surface area contributed by atoms with Gasteiger partial charge in [-0.3, -0.25) is 0 Å². The molecule has 0 heterocycles. The summed E-state index contributed by atoms with van der Waals surface area (Å²) in [7, 11) is 0. The topological polar surface area (TPSA) is 83.6 Å². The lowest BCUT2D eigenvalue weighted by Crippen LogP contribution is -1.96. The van der Waals surface area contributed by atoms with Crippen LogP contribution < -0.4 is 5.73 Å². The zero-order chi connectivity index (χ0) is 16.1. The Bertz CT molecular complexity index is 791. The molecule has 0 saturated carbocycles. The highest BCUT2D eigenvalue weighted by Crippen LogP contribution is 2.24. The molecule has 0 amide bonds. The number of rotatable bonds is 1. The Kier molecular flexibility index (Phi) is 4.63. The second-order valence-corrected chi connectivity index (χ2v) is 4.88. The summed E-state index contributed by atoms with van der Waals surface area (Å²) in [5.41, 5.74) is 7.47. The first kappa shape index (κ1) is 15.4. The Balaban J connectivity index is 0.000000188. The van der Waals surface area contributed by atoms with E-state index in [1.165, 1.54) is 12.1 Å². The molecule has 0 aliphatic heterocycles. The van der Waals surface area contributed by atoms with Crippen molar-refractivity contribution >= 4 is 22.4 Å². The van der Waals surface area contributed by atoms with Crippen LogP contribution in [-0.2, 0) is 0 Å². The van der Waals surface area contributed by atoms with Crippen molar-refractivity contribution in [1.82, 2.24) is 0 Å². The van der Waals surface area contributed by atoms with Crippen LogP contribution in [0.2, 0.25) is 0 Å². The van der Waals surface area contributed by atoms with E-state index in [1.54, 1.807) is 6.07 Å². The molecule has 3 rings (SSSR count). The minimum Gasteiger partial charge on any atom is -0.507 e. The van der Waals surface area contributed by atoms with Gasteiger partial charge >= 0.3 is 5.97 Å². The highest BCUT2D eigenvalue weighted by Gasteiger charge is 2.09. The van der Waals surface area contributed by atoms with Crippen LogP contribution in [0.3, 0.4) is 0 Å². The molecule has 0 aromatic heterocycles. The number of para-hydroxylation sites is 1. The third-order valence-corrected chi connectivity index (χ3v) is 3.28. The maximum Gasteiger partial charge on any atom is 0.339 e. The van der Waals surface area contributed by atoms with Gasteiger partial charge in [-0.1, -0.05) is 42.5 Å². The van der Waals surface area contributed by atoms with E-state index < -0.39 is 5.97 Å². The molecule has 3 aromatic carbocycles. The number of nitrogen functional groups attached to an aromatic ring is 1. The van der Waals surface area contributed by atoms with Gasteiger partial charge < -0.3 is 15.9 Å². The number of carboxylic acid groups (broad SMARTS) is 1. The Morgan fingerprint density at radius 3 is 2.00 bits per heavy atom. The highest BCUT2D eigenvalue weighted by molar-refractivity contribution is 5.97. The molecule has 0 fully saturated rings. The second kappa shape index (κ2) is 6.63. The number of hydrogen-bond donors (Lipinski definition) is 3. The Hall–Kier alpha value is -3.01. The van der Waals surface area contributed by atoms with Crippen LogP contribution in [0.5, 0.6) is 5.75 Å². The van der Waals surface area contributed by atoms with Crippen molar-refractivity contribution in [2.24, 2.45) is 0 Å². The van der Waals surface area contributed by atoms with Gasteiger partial charge in [-0.2, -0.15) is 0 Å². The lowest BCUT2D eigenvalue weighted by Gasteiger charge is -2.02. The fraction of sp³-hybridized carbons (Fsp3) is 0.0556. The van der Waals surface area contributed by atoms with E-state index in [0.717, 1.165) is 22.0 Å². The maximum atomic E-state index is 10.7. The van der Waals surface area contributed by atoms with Crippen molar-refractivity contribution in [3.05, 3.63) is 71.8 Å². The average molecular weight is 295 g/mol. The molecule has 4 N–H and O–H groups in total. The Labute approximate surface area is 128 Å². The molecular formula is C18H17NO3. The molecule has 0 atom stereocenters. The van der Waals surface area contributed by atoms with Crippen LogP contribution >= 0.6 is 0 Å². The molecule has 22 heavy (non-hydrogen) atoms. The number of anilines is 1. The lowest BCUT2D eigenvalue weighted by atomic mass is 10.1. The van der Waals surface area contributed by atoms with Crippen LogP contribution in [0, 0.1) is 6.92 Å². The smallest absolute Gasteiger partial charge is 0.339 e. The van der Waals surface area contributed by atoms with E-state index in [2.05, 4.69) is 0 Å². The molecule has 3 aromatic rings. The van der Waals surface area contributed by atoms with E-state index in [-0.39, 0.29) is 11.3 Å². The van der Waals surface area contributed by atoms with Gasteiger partial charge in [0.2, 0.25) is 0 Å². The van der Waals surface area contributed by atoms with Crippen molar-refractivity contribution in [1.29, 1.82) is 0 Å². The molecule has 0 spiro atoms. The van der Waals surface area contributed by atoms with Crippen LogP contribution in [-0.4, -0.2) is 16.2 Å². The number of fused-ring (bicyclic) bond motifs is 1. The Morgan fingerprint density at radius 2 is 1.50 bits per heavy atom. The first-order valence-corrected chi connectivity index (χ1v) is 6.75. The van der Waals surface area contributed by atoms with Gasteiger partial charge in [0.25, 0.3) is 0 Å². The van der Waals surface area contributed by atoms with Crippen molar-refractivity contribution in [3.8, 4) is 5.75 Å². The van der Waals surface area contributed by atoms with Gasteiger partial charge in [-0.15, -0.1) is 0 Å². The molecule has 112 valence electrons. The number of benzene rings is 3. The van der Waals surface area contributed by atoms with Gasteiger partial charge in [0.15, 0.2) is 0 Å². The minimum absolute atomic E-state index is 0.0660. The molecule has 0 radical (unpaired) electrons. The standard InChI is InChI=1S/C11H8O3.C7H9N/c12-10-6-8-4-2-1-3-7(8)5-9(10)11(13)14;1-6-4-2-3-5-7(6)8/h1-6,12H,(H,13,14);2-5H,8H2,1H3. The largest absolute Gasteiger partial charge is 0.507 e.